The first-order valence-electron chi connectivity index (χ1n) is 6.53. The molecule has 0 fully saturated rings. The van der Waals surface area contributed by atoms with Crippen molar-refractivity contribution in [1.29, 1.82) is 0 Å². The zero-order valence-corrected chi connectivity index (χ0v) is 13.8. The molecule has 0 amide bonds. The van der Waals surface area contributed by atoms with Crippen molar-refractivity contribution in [2.24, 2.45) is 0 Å². The first-order chi connectivity index (χ1) is 10.2. The Kier molecular flexibility index (Phi) is 4.13. The van der Waals surface area contributed by atoms with Crippen LogP contribution < -0.4 is 4.74 Å². The third kappa shape index (κ3) is 3.20. The molecule has 1 aromatic heterocycles. The predicted octanol–water partition coefficient (Wildman–Crippen LogP) is 5.25. The number of halogens is 2. The maximum absolute atomic E-state index is 6.30. The molecule has 0 spiro atoms. The largest absolute Gasteiger partial charge is 0.497 e. The number of methoxy groups -OCH3 is 1. The van der Waals surface area contributed by atoms with Gasteiger partial charge in [-0.25, -0.2) is 4.98 Å². The number of ether oxygens (including phenoxy) is 1. The fourth-order valence-corrected chi connectivity index (χ4v) is 2.85. The van der Waals surface area contributed by atoms with E-state index in [2.05, 4.69) is 33.0 Å². The van der Waals surface area contributed by atoms with Gasteiger partial charge in [-0.15, -0.1) is 0 Å². The van der Waals surface area contributed by atoms with Crippen LogP contribution in [0.2, 0.25) is 5.15 Å². The molecule has 3 aromatic rings. The Balaban J connectivity index is 1.96. The summed E-state index contributed by atoms with van der Waals surface area (Å²) in [7, 11) is 1.66. The highest BCUT2D eigenvalue weighted by Gasteiger charge is 2.07. The van der Waals surface area contributed by atoms with Crippen molar-refractivity contribution in [2.75, 3.05) is 7.11 Å². The number of nitrogens with zero attached hydrogens (tertiary/aromatic N) is 1. The first kappa shape index (κ1) is 14.4. The van der Waals surface area contributed by atoms with Crippen molar-refractivity contribution in [3.05, 3.63) is 69.3 Å². The highest BCUT2D eigenvalue weighted by Crippen LogP contribution is 2.25. The van der Waals surface area contributed by atoms with E-state index in [0.717, 1.165) is 33.1 Å². The molecule has 0 N–H and O–H groups in total. The van der Waals surface area contributed by atoms with Crippen molar-refractivity contribution >= 4 is 38.4 Å². The molecule has 0 atom stereocenters. The fraction of sp³-hybridized carbons (Fsp3) is 0.118. The van der Waals surface area contributed by atoms with Gasteiger partial charge in [0.25, 0.3) is 0 Å². The van der Waals surface area contributed by atoms with E-state index >= 15 is 0 Å². The molecule has 0 aliphatic carbocycles. The number of hydrogen-bond donors (Lipinski definition) is 0. The molecule has 2 nitrogen and oxygen atoms in total. The summed E-state index contributed by atoms with van der Waals surface area (Å²) in [6.45, 7) is 0. The molecule has 0 saturated carbocycles. The van der Waals surface area contributed by atoms with E-state index < -0.39 is 0 Å². The lowest BCUT2D eigenvalue weighted by Gasteiger charge is -2.07. The number of pyridine rings is 1. The van der Waals surface area contributed by atoms with Crippen LogP contribution in [0.1, 0.15) is 11.1 Å². The molecule has 0 aliphatic rings. The summed E-state index contributed by atoms with van der Waals surface area (Å²) in [6, 6.07) is 16.1. The summed E-state index contributed by atoms with van der Waals surface area (Å²) in [5, 5.41) is 1.64. The summed E-state index contributed by atoms with van der Waals surface area (Å²) in [4.78, 5) is 4.47. The van der Waals surface area contributed by atoms with Gasteiger partial charge in [0.05, 0.1) is 12.6 Å². The lowest BCUT2D eigenvalue weighted by molar-refractivity contribution is 0.414. The average Bonchev–Trinajstić information content (AvgIpc) is 2.49. The quantitative estimate of drug-likeness (QED) is 0.594. The minimum Gasteiger partial charge on any atom is -0.497 e. The van der Waals surface area contributed by atoms with Crippen molar-refractivity contribution in [1.82, 2.24) is 4.98 Å². The van der Waals surface area contributed by atoms with Gasteiger partial charge in [-0.1, -0.05) is 39.7 Å². The molecule has 21 heavy (non-hydrogen) atoms. The predicted molar refractivity (Wildman–Crippen MR) is 90.3 cm³/mol. The molecular formula is C17H13BrClNO. The van der Waals surface area contributed by atoms with E-state index in [4.69, 9.17) is 16.3 Å². The Bertz CT molecular complexity index is 787. The number of hydrogen-bond acceptors (Lipinski definition) is 2. The normalized spacial score (nSPS) is 10.8. The number of rotatable bonds is 3. The third-order valence-corrected chi connectivity index (χ3v) is 4.18. The molecule has 2 aromatic carbocycles. The van der Waals surface area contributed by atoms with Gasteiger partial charge in [0.15, 0.2) is 0 Å². The lowest BCUT2D eigenvalue weighted by Crippen LogP contribution is -1.93. The van der Waals surface area contributed by atoms with Gasteiger partial charge in [0.1, 0.15) is 10.9 Å². The Morgan fingerprint density at radius 3 is 2.57 bits per heavy atom. The molecule has 4 heteroatoms. The number of benzene rings is 2. The molecule has 3 rings (SSSR count). The third-order valence-electron chi connectivity index (χ3n) is 3.36. The molecule has 0 saturated heterocycles. The highest BCUT2D eigenvalue weighted by atomic mass is 79.9. The Labute approximate surface area is 136 Å². The second kappa shape index (κ2) is 6.04. The summed E-state index contributed by atoms with van der Waals surface area (Å²) in [5.74, 6) is 0.852. The Morgan fingerprint density at radius 2 is 1.86 bits per heavy atom. The Hall–Kier alpha value is -1.58. The molecule has 1 heterocycles. The SMILES string of the molecule is COc1ccc(Cc2cc3cc(Br)ccc3nc2Cl)cc1. The number of fused-ring (bicyclic) bond motifs is 1. The van der Waals surface area contributed by atoms with Gasteiger partial charge in [0, 0.05) is 16.3 Å². The fourth-order valence-electron chi connectivity index (χ4n) is 2.25. The molecular weight excluding hydrogens is 350 g/mol. The van der Waals surface area contributed by atoms with E-state index in [1.165, 1.54) is 5.56 Å². The topological polar surface area (TPSA) is 22.1 Å². The zero-order chi connectivity index (χ0) is 14.8. The molecule has 0 radical (unpaired) electrons. The van der Waals surface area contributed by atoms with Crippen molar-refractivity contribution in [3.8, 4) is 5.75 Å². The highest BCUT2D eigenvalue weighted by molar-refractivity contribution is 9.10. The van der Waals surface area contributed by atoms with Crippen LogP contribution in [0.15, 0.2) is 53.0 Å². The van der Waals surface area contributed by atoms with Gasteiger partial charge in [0.2, 0.25) is 0 Å². The molecule has 0 aliphatic heterocycles. The van der Waals surface area contributed by atoms with Crippen LogP contribution >= 0.6 is 27.5 Å². The maximum atomic E-state index is 6.30. The van der Waals surface area contributed by atoms with Crippen molar-refractivity contribution < 1.29 is 4.74 Å². The Morgan fingerprint density at radius 1 is 1.10 bits per heavy atom. The van der Waals surface area contributed by atoms with Crippen molar-refractivity contribution in [3.63, 3.8) is 0 Å². The van der Waals surface area contributed by atoms with Crippen LogP contribution in [0.3, 0.4) is 0 Å². The van der Waals surface area contributed by atoms with Gasteiger partial charge in [-0.3, -0.25) is 0 Å². The van der Waals surface area contributed by atoms with Crippen LogP contribution in [-0.2, 0) is 6.42 Å². The van der Waals surface area contributed by atoms with Crippen LogP contribution in [0.5, 0.6) is 5.75 Å². The minimum atomic E-state index is 0.556. The van der Waals surface area contributed by atoms with Crippen LogP contribution in [0, 0.1) is 0 Å². The van der Waals surface area contributed by atoms with E-state index in [0.29, 0.717) is 5.15 Å². The summed E-state index contributed by atoms with van der Waals surface area (Å²) >= 11 is 9.79. The van der Waals surface area contributed by atoms with Crippen LogP contribution in [0.25, 0.3) is 10.9 Å². The van der Waals surface area contributed by atoms with E-state index in [1.807, 2.05) is 36.4 Å². The van der Waals surface area contributed by atoms with Gasteiger partial charge in [-0.2, -0.15) is 0 Å². The monoisotopic (exact) mass is 361 g/mol. The summed E-state index contributed by atoms with van der Waals surface area (Å²) in [6.07, 6.45) is 0.748. The van der Waals surface area contributed by atoms with Gasteiger partial charge < -0.3 is 4.74 Å². The standard InChI is InChI=1S/C17H13BrClNO/c1-21-15-5-2-11(3-6-15)8-13-9-12-10-14(18)4-7-16(12)20-17(13)19/h2-7,9-10H,8H2,1H3. The van der Waals surface area contributed by atoms with Crippen LogP contribution in [-0.4, -0.2) is 12.1 Å². The second-order valence-electron chi connectivity index (χ2n) is 4.80. The summed E-state index contributed by atoms with van der Waals surface area (Å²) < 4.78 is 6.21. The second-order valence-corrected chi connectivity index (χ2v) is 6.07. The minimum absolute atomic E-state index is 0.556. The van der Waals surface area contributed by atoms with E-state index in [1.54, 1.807) is 7.11 Å². The van der Waals surface area contributed by atoms with Gasteiger partial charge >= 0.3 is 0 Å². The maximum Gasteiger partial charge on any atom is 0.133 e. The van der Waals surface area contributed by atoms with Crippen LogP contribution in [0.4, 0.5) is 0 Å². The van der Waals surface area contributed by atoms with E-state index in [-0.39, 0.29) is 0 Å². The average molecular weight is 363 g/mol. The summed E-state index contributed by atoms with van der Waals surface area (Å²) in [5.41, 5.74) is 3.10. The van der Waals surface area contributed by atoms with Crippen molar-refractivity contribution in [2.45, 2.75) is 6.42 Å². The number of aromatic nitrogens is 1. The zero-order valence-electron chi connectivity index (χ0n) is 11.4. The first-order valence-corrected chi connectivity index (χ1v) is 7.70. The van der Waals surface area contributed by atoms with Gasteiger partial charge in [-0.05, 0) is 47.5 Å². The van der Waals surface area contributed by atoms with E-state index in [9.17, 15) is 0 Å². The molecule has 0 bridgehead atoms. The molecule has 0 unspecified atom stereocenters. The smallest absolute Gasteiger partial charge is 0.133 e. The molecule has 106 valence electrons. The lowest BCUT2D eigenvalue weighted by atomic mass is 10.0.